The average molecular weight is 292 g/mol. The van der Waals surface area contributed by atoms with Crippen LogP contribution < -0.4 is 5.32 Å². The van der Waals surface area contributed by atoms with Crippen molar-refractivity contribution in [2.75, 3.05) is 12.4 Å². The first-order valence-corrected chi connectivity index (χ1v) is 5.81. The lowest BCUT2D eigenvalue weighted by Gasteiger charge is -2.08. The average Bonchev–Trinajstić information content (AvgIpc) is 2.48. The van der Waals surface area contributed by atoms with Crippen LogP contribution in [0.2, 0.25) is 0 Å². The van der Waals surface area contributed by atoms with Crippen molar-refractivity contribution in [3.8, 4) is 0 Å². The molecular weight excluding hydrogens is 282 g/mol. The largest absolute Gasteiger partial charge is 0.465 e. The third-order valence-electron chi connectivity index (χ3n) is 2.65. The summed E-state index contributed by atoms with van der Waals surface area (Å²) in [5.41, 5.74) is -0.405. The Morgan fingerprint density at radius 3 is 2.57 bits per heavy atom. The predicted molar refractivity (Wildman–Crippen MR) is 69.9 cm³/mol. The Morgan fingerprint density at radius 2 is 1.90 bits per heavy atom. The van der Waals surface area contributed by atoms with Gasteiger partial charge in [0.2, 0.25) is 0 Å². The molecule has 1 heterocycles. The quantitative estimate of drug-likeness (QED) is 0.882. The van der Waals surface area contributed by atoms with Crippen LogP contribution in [0.1, 0.15) is 20.7 Å². The Morgan fingerprint density at radius 1 is 1.14 bits per heavy atom. The zero-order valence-corrected chi connectivity index (χ0v) is 10.9. The molecule has 0 bridgehead atoms. The van der Waals surface area contributed by atoms with E-state index in [2.05, 4.69) is 15.0 Å². The second-order valence-electron chi connectivity index (χ2n) is 4.00. The van der Waals surface area contributed by atoms with Gasteiger partial charge in [-0.1, -0.05) is 0 Å². The molecule has 0 radical (unpaired) electrons. The number of amides is 1. The van der Waals surface area contributed by atoms with Crippen molar-refractivity contribution >= 4 is 17.6 Å². The van der Waals surface area contributed by atoms with E-state index < -0.39 is 23.5 Å². The van der Waals surface area contributed by atoms with Gasteiger partial charge in [-0.2, -0.15) is 0 Å². The number of hydrogen-bond donors (Lipinski definition) is 1. The van der Waals surface area contributed by atoms with Crippen molar-refractivity contribution in [2.45, 2.75) is 0 Å². The fourth-order valence-electron chi connectivity index (χ4n) is 1.63. The number of ether oxygens (including phenoxy) is 1. The van der Waals surface area contributed by atoms with E-state index in [-0.39, 0.29) is 16.8 Å². The molecule has 108 valence electrons. The molecule has 0 aliphatic rings. The molecule has 1 aromatic heterocycles. The molecule has 5 nitrogen and oxygen atoms in total. The van der Waals surface area contributed by atoms with Crippen LogP contribution in [-0.4, -0.2) is 24.0 Å². The maximum atomic E-state index is 13.4. The lowest BCUT2D eigenvalue weighted by atomic mass is 10.1. The summed E-state index contributed by atoms with van der Waals surface area (Å²) < 4.78 is 31.3. The summed E-state index contributed by atoms with van der Waals surface area (Å²) in [4.78, 5) is 26.8. The Bertz CT molecular complexity index is 704. The highest BCUT2D eigenvalue weighted by Crippen LogP contribution is 2.17. The van der Waals surface area contributed by atoms with E-state index >= 15 is 0 Å². The molecular formula is C14H10F2N2O3. The highest BCUT2D eigenvalue weighted by atomic mass is 19.1. The van der Waals surface area contributed by atoms with E-state index in [0.29, 0.717) is 0 Å². The standard InChI is InChI=1S/C14H10F2N2O3/c1-21-14(20)10-6-8(2-3-11(10)15)18-13(19)9-4-5-17-7-12(9)16/h2-7H,1H3,(H,18,19). The van der Waals surface area contributed by atoms with E-state index in [1.807, 2.05) is 0 Å². The molecule has 7 heteroatoms. The van der Waals surface area contributed by atoms with Gasteiger partial charge in [0, 0.05) is 11.9 Å². The second kappa shape index (κ2) is 6.08. The van der Waals surface area contributed by atoms with Crippen LogP contribution in [0, 0.1) is 11.6 Å². The van der Waals surface area contributed by atoms with Crippen molar-refractivity contribution in [2.24, 2.45) is 0 Å². The summed E-state index contributed by atoms with van der Waals surface area (Å²) in [5.74, 6) is -3.18. The number of halogens is 2. The molecule has 1 amide bonds. The number of carbonyl (C=O) groups excluding carboxylic acids is 2. The van der Waals surface area contributed by atoms with Crippen LogP contribution in [0.5, 0.6) is 0 Å². The first-order chi connectivity index (χ1) is 10.0. The number of benzene rings is 1. The van der Waals surface area contributed by atoms with Gasteiger partial charge in [0.1, 0.15) is 5.82 Å². The molecule has 0 unspecified atom stereocenters. The van der Waals surface area contributed by atoms with Gasteiger partial charge < -0.3 is 10.1 Å². The first-order valence-electron chi connectivity index (χ1n) is 5.81. The van der Waals surface area contributed by atoms with Crippen LogP contribution >= 0.6 is 0 Å². The van der Waals surface area contributed by atoms with Gasteiger partial charge >= 0.3 is 5.97 Å². The summed E-state index contributed by atoms with van der Waals surface area (Å²) in [7, 11) is 1.11. The van der Waals surface area contributed by atoms with Crippen LogP contribution in [0.4, 0.5) is 14.5 Å². The van der Waals surface area contributed by atoms with Crippen LogP contribution in [-0.2, 0) is 4.74 Å². The number of aromatic nitrogens is 1. The van der Waals surface area contributed by atoms with Gasteiger partial charge in [-0.05, 0) is 24.3 Å². The van der Waals surface area contributed by atoms with E-state index in [9.17, 15) is 18.4 Å². The minimum absolute atomic E-state index is 0.137. The number of esters is 1. The zero-order valence-electron chi connectivity index (χ0n) is 10.9. The zero-order chi connectivity index (χ0) is 15.4. The number of anilines is 1. The Hall–Kier alpha value is -2.83. The van der Waals surface area contributed by atoms with Gasteiger partial charge in [0.15, 0.2) is 5.82 Å². The fourth-order valence-corrected chi connectivity index (χ4v) is 1.63. The topological polar surface area (TPSA) is 68.3 Å². The monoisotopic (exact) mass is 292 g/mol. The second-order valence-corrected chi connectivity index (χ2v) is 4.00. The SMILES string of the molecule is COC(=O)c1cc(NC(=O)c2ccncc2F)ccc1F. The van der Waals surface area contributed by atoms with Crippen molar-refractivity contribution < 1.29 is 23.1 Å². The van der Waals surface area contributed by atoms with Crippen LogP contribution in [0.15, 0.2) is 36.7 Å². The fraction of sp³-hybridized carbons (Fsp3) is 0.0714. The Balaban J connectivity index is 2.26. The smallest absolute Gasteiger partial charge is 0.340 e. The summed E-state index contributed by atoms with van der Waals surface area (Å²) >= 11 is 0. The Labute approximate surface area is 118 Å². The summed E-state index contributed by atoms with van der Waals surface area (Å²) in [6.45, 7) is 0. The van der Waals surface area contributed by atoms with E-state index in [1.54, 1.807) is 0 Å². The van der Waals surface area contributed by atoms with Crippen molar-refractivity contribution in [3.63, 3.8) is 0 Å². The van der Waals surface area contributed by atoms with E-state index in [0.717, 1.165) is 25.4 Å². The summed E-state index contributed by atoms with van der Waals surface area (Å²) in [5, 5.41) is 2.36. The molecule has 0 saturated heterocycles. The third kappa shape index (κ3) is 3.19. The normalized spacial score (nSPS) is 10.0. The molecule has 0 saturated carbocycles. The first kappa shape index (κ1) is 14.6. The van der Waals surface area contributed by atoms with E-state index in [1.165, 1.54) is 18.3 Å². The maximum absolute atomic E-state index is 13.4. The maximum Gasteiger partial charge on any atom is 0.340 e. The van der Waals surface area contributed by atoms with Crippen molar-refractivity contribution in [1.82, 2.24) is 4.98 Å². The number of methoxy groups -OCH3 is 1. The van der Waals surface area contributed by atoms with Crippen molar-refractivity contribution in [3.05, 3.63) is 59.4 Å². The highest BCUT2D eigenvalue weighted by Gasteiger charge is 2.15. The number of carbonyl (C=O) groups is 2. The molecule has 1 aromatic carbocycles. The van der Waals surface area contributed by atoms with Gasteiger partial charge in [0.05, 0.1) is 24.4 Å². The molecule has 0 atom stereocenters. The minimum Gasteiger partial charge on any atom is -0.465 e. The lowest BCUT2D eigenvalue weighted by Crippen LogP contribution is -2.15. The van der Waals surface area contributed by atoms with Gasteiger partial charge in [-0.25, -0.2) is 13.6 Å². The number of pyridine rings is 1. The number of hydrogen-bond acceptors (Lipinski definition) is 4. The molecule has 1 N–H and O–H groups in total. The molecule has 0 aliphatic carbocycles. The van der Waals surface area contributed by atoms with Gasteiger partial charge in [-0.3, -0.25) is 9.78 Å². The molecule has 2 rings (SSSR count). The molecule has 21 heavy (non-hydrogen) atoms. The summed E-state index contributed by atoms with van der Waals surface area (Å²) in [6, 6.07) is 4.57. The number of nitrogens with zero attached hydrogens (tertiary/aromatic N) is 1. The van der Waals surface area contributed by atoms with Crippen LogP contribution in [0.25, 0.3) is 0 Å². The number of nitrogens with one attached hydrogen (secondary N) is 1. The highest BCUT2D eigenvalue weighted by molar-refractivity contribution is 6.05. The molecule has 0 fully saturated rings. The lowest BCUT2D eigenvalue weighted by molar-refractivity contribution is 0.0595. The molecule has 2 aromatic rings. The van der Waals surface area contributed by atoms with Crippen molar-refractivity contribution in [1.29, 1.82) is 0 Å². The van der Waals surface area contributed by atoms with Crippen LogP contribution in [0.3, 0.4) is 0 Å². The third-order valence-corrected chi connectivity index (χ3v) is 2.65. The van der Waals surface area contributed by atoms with E-state index in [4.69, 9.17) is 0 Å². The minimum atomic E-state index is -0.876. The van der Waals surface area contributed by atoms with Gasteiger partial charge in [0.25, 0.3) is 5.91 Å². The summed E-state index contributed by atoms with van der Waals surface area (Å²) in [6.07, 6.45) is 2.17. The molecule has 0 aliphatic heterocycles. The molecule has 0 spiro atoms. The number of rotatable bonds is 3. The predicted octanol–water partition coefficient (Wildman–Crippen LogP) is 2.40. The Kier molecular flexibility index (Phi) is 4.22. The van der Waals surface area contributed by atoms with Gasteiger partial charge in [-0.15, -0.1) is 0 Å².